The van der Waals surface area contributed by atoms with Gasteiger partial charge in [0, 0.05) is 18.7 Å². The molecule has 0 unspecified atom stereocenters. The number of pyridine rings is 1. The van der Waals surface area contributed by atoms with Gasteiger partial charge in [-0.3, -0.25) is 4.98 Å². The van der Waals surface area contributed by atoms with Gasteiger partial charge in [0.15, 0.2) is 0 Å². The van der Waals surface area contributed by atoms with Gasteiger partial charge in [-0.25, -0.2) is 17.2 Å². The Labute approximate surface area is 168 Å². The molecule has 0 aliphatic carbocycles. The van der Waals surface area contributed by atoms with E-state index in [-0.39, 0.29) is 16.8 Å². The summed E-state index contributed by atoms with van der Waals surface area (Å²) in [7, 11) is -3.75. The highest BCUT2D eigenvalue weighted by atomic mass is 32.2. The second-order valence-electron chi connectivity index (χ2n) is 7.09. The molecule has 0 radical (unpaired) electrons. The van der Waals surface area contributed by atoms with Crippen LogP contribution in [-0.2, 0) is 16.4 Å². The molecule has 0 N–H and O–H groups in total. The lowest BCUT2D eigenvalue weighted by Gasteiger charge is -2.24. The van der Waals surface area contributed by atoms with Crippen LogP contribution in [-0.4, -0.2) is 24.3 Å². The summed E-state index contributed by atoms with van der Waals surface area (Å²) in [6.45, 7) is 0.389. The molecular formula is C22H20F2N2O2S. The molecule has 3 aromatic rings. The summed E-state index contributed by atoms with van der Waals surface area (Å²) in [6, 6.07) is 16.4. The molecule has 0 bridgehead atoms. The number of benzene rings is 2. The Hall–Kier alpha value is -2.64. The van der Waals surface area contributed by atoms with Crippen LogP contribution in [0.15, 0.2) is 71.6 Å². The molecule has 1 fully saturated rings. The smallest absolute Gasteiger partial charge is 0.243 e. The van der Waals surface area contributed by atoms with E-state index in [4.69, 9.17) is 0 Å². The Bertz CT molecular complexity index is 1120. The van der Waals surface area contributed by atoms with Crippen LogP contribution in [0.25, 0.3) is 0 Å². The summed E-state index contributed by atoms with van der Waals surface area (Å²) in [4.78, 5) is 4.73. The third-order valence-corrected chi connectivity index (χ3v) is 6.99. The van der Waals surface area contributed by atoms with E-state index in [0.717, 1.165) is 29.8 Å². The number of halogens is 2. The van der Waals surface area contributed by atoms with E-state index in [0.29, 0.717) is 25.1 Å². The summed E-state index contributed by atoms with van der Waals surface area (Å²) in [5, 5.41) is 0. The first kappa shape index (κ1) is 19.7. The molecular weight excluding hydrogens is 394 g/mol. The molecule has 29 heavy (non-hydrogen) atoms. The van der Waals surface area contributed by atoms with Gasteiger partial charge < -0.3 is 0 Å². The van der Waals surface area contributed by atoms with Crippen molar-refractivity contribution in [2.45, 2.75) is 30.2 Å². The molecule has 4 rings (SSSR count). The first-order chi connectivity index (χ1) is 13.9. The highest BCUT2D eigenvalue weighted by Gasteiger charge is 2.37. The lowest BCUT2D eigenvalue weighted by Crippen LogP contribution is -2.31. The van der Waals surface area contributed by atoms with E-state index in [9.17, 15) is 17.2 Å². The standard InChI is InChI=1S/C22H20F2N2O2S/c23-17-9-11-20(12-10-17)29(27,28)26-13-3-8-22(26)21-7-2-6-19(25-21)15-16-4-1-5-18(24)14-16/h1-2,4-7,9-12,14,22H,3,8,13,15H2/t22-/m0/s1. The van der Waals surface area contributed by atoms with Crippen molar-refractivity contribution in [1.82, 2.24) is 9.29 Å². The molecule has 1 aromatic heterocycles. The molecule has 4 nitrogen and oxygen atoms in total. The number of rotatable bonds is 5. The van der Waals surface area contributed by atoms with Crippen LogP contribution in [0.1, 0.15) is 35.8 Å². The molecule has 0 spiro atoms. The van der Waals surface area contributed by atoms with E-state index in [2.05, 4.69) is 4.98 Å². The Morgan fingerprint density at radius 2 is 1.72 bits per heavy atom. The van der Waals surface area contributed by atoms with Crippen molar-refractivity contribution < 1.29 is 17.2 Å². The average molecular weight is 414 g/mol. The van der Waals surface area contributed by atoms with Gasteiger partial charge in [0.2, 0.25) is 10.0 Å². The molecule has 2 heterocycles. The fraction of sp³-hybridized carbons (Fsp3) is 0.227. The summed E-state index contributed by atoms with van der Waals surface area (Å²) in [6.07, 6.45) is 1.85. The van der Waals surface area contributed by atoms with Gasteiger partial charge in [-0.1, -0.05) is 18.2 Å². The Balaban J connectivity index is 1.61. The fourth-order valence-corrected chi connectivity index (χ4v) is 5.37. The molecule has 2 aromatic carbocycles. The summed E-state index contributed by atoms with van der Waals surface area (Å²) in [5.41, 5.74) is 2.22. The lowest BCUT2D eigenvalue weighted by molar-refractivity contribution is 0.390. The van der Waals surface area contributed by atoms with Gasteiger partial charge in [-0.2, -0.15) is 4.31 Å². The van der Waals surface area contributed by atoms with Crippen molar-refractivity contribution >= 4 is 10.0 Å². The maximum absolute atomic E-state index is 13.4. The zero-order valence-corrected chi connectivity index (χ0v) is 16.4. The van der Waals surface area contributed by atoms with Crippen molar-refractivity contribution in [3.05, 3.63) is 95.3 Å². The summed E-state index contributed by atoms with van der Waals surface area (Å²) >= 11 is 0. The number of nitrogens with zero attached hydrogens (tertiary/aromatic N) is 2. The monoisotopic (exact) mass is 414 g/mol. The predicted molar refractivity (Wildman–Crippen MR) is 106 cm³/mol. The van der Waals surface area contributed by atoms with Crippen molar-refractivity contribution in [2.24, 2.45) is 0 Å². The van der Waals surface area contributed by atoms with Gasteiger partial charge in [-0.15, -0.1) is 0 Å². The highest BCUT2D eigenvalue weighted by Crippen LogP contribution is 2.35. The van der Waals surface area contributed by atoms with E-state index >= 15 is 0 Å². The van der Waals surface area contributed by atoms with Crippen molar-refractivity contribution in [2.75, 3.05) is 6.54 Å². The van der Waals surface area contributed by atoms with Crippen LogP contribution in [0, 0.1) is 11.6 Å². The van der Waals surface area contributed by atoms with Crippen LogP contribution in [0.3, 0.4) is 0 Å². The third kappa shape index (κ3) is 4.21. The summed E-state index contributed by atoms with van der Waals surface area (Å²) < 4.78 is 54.2. The van der Waals surface area contributed by atoms with Crippen LogP contribution in [0.2, 0.25) is 0 Å². The molecule has 1 atom stereocenters. The highest BCUT2D eigenvalue weighted by molar-refractivity contribution is 7.89. The van der Waals surface area contributed by atoms with Gasteiger partial charge in [0.1, 0.15) is 11.6 Å². The van der Waals surface area contributed by atoms with Crippen LogP contribution in [0.5, 0.6) is 0 Å². The van der Waals surface area contributed by atoms with Crippen LogP contribution in [0.4, 0.5) is 8.78 Å². The van der Waals surface area contributed by atoms with Gasteiger partial charge in [0.25, 0.3) is 0 Å². The van der Waals surface area contributed by atoms with Crippen molar-refractivity contribution in [3.63, 3.8) is 0 Å². The normalized spacial score (nSPS) is 17.5. The Morgan fingerprint density at radius 3 is 2.48 bits per heavy atom. The second kappa shape index (κ2) is 8.00. The minimum absolute atomic E-state index is 0.0710. The lowest BCUT2D eigenvalue weighted by atomic mass is 10.1. The number of hydrogen-bond donors (Lipinski definition) is 0. The zero-order valence-electron chi connectivity index (χ0n) is 15.6. The molecule has 0 saturated carbocycles. The molecule has 1 saturated heterocycles. The number of aromatic nitrogens is 1. The minimum atomic E-state index is -3.75. The zero-order chi connectivity index (χ0) is 20.4. The first-order valence-corrected chi connectivity index (χ1v) is 10.9. The Kier molecular flexibility index (Phi) is 5.43. The second-order valence-corrected chi connectivity index (χ2v) is 8.98. The van der Waals surface area contributed by atoms with Gasteiger partial charge in [-0.05, 0) is 66.9 Å². The molecule has 7 heteroatoms. The van der Waals surface area contributed by atoms with E-state index in [1.165, 1.54) is 28.6 Å². The van der Waals surface area contributed by atoms with Crippen LogP contribution < -0.4 is 0 Å². The average Bonchev–Trinajstić information content (AvgIpc) is 3.19. The molecule has 150 valence electrons. The van der Waals surface area contributed by atoms with E-state index in [1.54, 1.807) is 6.07 Å². The molecule has 0 amide bonds. The van der Waals surface area contributed by atoms with E-state index in [1.807, 2.05) is 24.3 Å². The number of sulfonamides is 1. The van der Waals surface area contributed by atoms with Gasteiger partial charge >= 0.3 is 0 Å². The quantitative estimate of drug-likeness (QED) is 0.619. The summed E-state index contributed by atoms with van der Waals surface area (Å²) in [5.74, 6) is -0.778. The topological polar surface area (TPSA) is 50.3 Å². The largest absolute Gasteiger partial charge is 0.256 e. The first-order valence-electron chi connectivity index (χ1n) is 9.41. The Morgan fingerprint density at radius 1 is 0.966 bits per heavy atom. The minimum Gasteiger partial charge on any atom is -0.256 e. The predicted octanol–water partition coefficient (Wildman–Crippen LogP) is 4.48. The maximum atomic E-state index is 13.4. The van der Waals surface area contributed by atoms with Crippen molar-refractivity contribution in [3.8, 4) is 0 Å². The van der Waals surface area contributed by atoms with Gasteiger partial charge in [0.05, 0.1) is 16.6 Å². The number of hydrogen-bond acceptors (Lipinski definition) is 3. The third-order valence-electron chi connectivity index (χ3n) is 5.07. The fourth-order valence-electron chi connectivity index (χ4n) is 3.70. The van der Waals surface area contributed by atoms with E-state index < -0.39 is 15.8 Å². The SMILES string of the molecule is O=S(=O)(c1ccc(F)cc1)N1CCC[C@H]1c1cccc(Cc2cccc(F)c2)n1. The molecule has 1 aliphatic heterocycles. The van der Waals surface area contributed by atoms with Crippen LogP contribution >= 0.6 is 0 Å². The molecule has 1 aliphatic rings. The van der Waals surface area contributed by atoms with Crippen molar-refractivity contribution in [1.29, 1.82) is 0 Å². The maximum Gasteiger partial charge on any atom is 0.243 e.